The van der Waals surface area contributed by atoms with Gasteiger partial charge in [-0.15, -0.1) is 0 Å². The van der Waals surface area contributed by atoms with Gasteiger partial charge >= 0.3 is 0 Å². The zero-order chi connectivity index (χ0) is 29.0. The molecule has 3 heterocycles. The Labute approximate surface area is 256 Å². The molecule has 44 heavy (non-hydrogen) atoms. The highest BCUT2D eigenvalue weighted by Crippen LogP contribution is 2.41. The van der Waals surface area contributed by atoms with E-state index in [1.807, 2.05) is 0 Å². The van der Waals surface area contributed by atoms with E-state index in [1.54, 1.807) is 0 Å². The molecular formula is C41H31N3. The van der Waals surface area contributed by atoms with Gasteiger partial charge in [0.1, 0.15) is 5.82 Å². The van der Waals surface area contributed by atoms with Crippen molar-refractivity contribution in [3.8, 4) is 33.9 Å². The minimum Gasteiger partial charge on any atom is -0.309 e. The van der Waals surface area contributed by atoms with E-state index >= 15 is 0 Å². The largest absolute Gasteiger partial charge is 0.309 e. The molecule has 0 saturated heterocycles. The molecule has 9 rings (SSSR count). The number of pyridine rings is 1. The van der Waals surface area contributed by atoms with E-state index in [4.69, 9.17) is 4.98 Å². The van der Waals surface area contributed by atoms with Crippen molar-refractivity contribution in [2.45, 2.75) is 25.7 Å². The fourth-order valence-electron chi connectivity index (χ4n) is 7.30. The molecule has 3 heteroatoms. The third-order valence-electron chi connectivity index (χ3n) is 9.30. The number of hydrogen-bond acceptors (Lipinski definition) is 1. The van der Waals surface area contributed by atoms with E-state index in [2.05, 4.69) is 149 Å². The molecule has 0 amide bonds. The predicted octanol–water partition coefficient (Wildman–Crippen LogP) is 10.3. The first kappa shape index (κ1) is 25.1. The molecule has 0 spiro atoms. The maximum atomic E-state index is 5.38. The third-order valence-corrected chi connectivity index (χ3v) is 9.30. The van der Waals surface area contributed by atoms with Crippen molar-refractivity contribution >= 4 is 32.7 Å². The van der Waals surface area contributed by atoms with Crippen LogP contribution < -0.4 is 0 Å². The normalized spacial score (nSPS) is 13.1. The van der Waals surface area contributed by atoms with Gasteiger partial charge < -0.3 is 4.57 Å². The number of benzene rings is 5. The van der Waals surface area contributed by atoms with Crippen LogP contribution in [0, 0.1) is 0 Å². The van der Waals surface area contributed by atoms with Gasteiger partial charge in [0, 0.05) is 33.1 Å². The second kappa shape index (κ2) is 10.1. The summed E-state index contributed by atoms with van der Waals surface area (Å²) in [5.41, 5.74) is 12.3. The van der Waals surface area contributed by atoms with Crippen LogP contribution in [0.1, 0.15) is 24.1 Å². The van der Waals surface area contributed by atoms with E-state index in [9.17, 15) is 0 Å². The summed E-state index contributed by atoms with van der Waals surface area (Å²) in [4.78, 5) is 5.38. The highest BCUT2D eigenvalue weighted by molar-refractivity contribution is 6.14. The minimum atomic E-state index is 0.990. The number of aromatic nitrogens is 3. The monoisotopic (exact) mass is 565 g/mol. The summed E-state index contributed by atoms with van der Waals surface area (Å²) >= 11 is 0. The number of nitrogens with zero attached hydrogens (tertiary/aromatic N) is 3. The lowest BCUT2D eigenvalue weighted by molar-refractivity contribution is 0.665. The third kappa shape index (κ3) is 3.93. The van der Waals surface area contributed by atoms with Crippen LogP contribution in [-0.4, -0.2) is 14.1 Å². The van der Waals surface area contributed by atoms with Gasteiger partial charge in [0.25, 0.3) is 0 Å². The molecule has 0 bridgehead atoms. The maximum Gasteiger partial charge on any atom is 0.138 e. The number of aryl methyl sites for hydroxylation is 1. The minimum absolute atomic E-state index is 0.990. The molecule has 0 unspecified atom stereocenters. The summed E-state index contributed by atoms with van der Waals surface area (Å²) in [5, 5.41) is 3.89. The van der Waals surface area contributed by atoms with Gasteiger partial charge in [0.15, 0.2) is 0 Å². The van der Waals surface area contributed by atoms with Gasteiger partial charge in [-0.3, -0.25) is 4.57 Å². The van der Waals surface area contributed by atoms with Crippen LogP contribution in [0.2, 0.25) is 0 Å². The second-order valence-corrected chi connectivity index (χ2v) is 11.9. The number of rotatable bonds is 4. The highest BCUT2D eigenvalue weighted by atomic mass is 15.1. The molecular weight excluding hydrogens is 534 g/mol. The van der Waals surface area contributed by atoms with Gasteiger partial charge in [-0.05, 0) is 84.8 Å². The van der Waals surface area contributed by atoms with E-state index in [1.165, 1.54) is 73.6 Å². The molecule has 0 radical (unpaired) electrons. The maximum absolute atomic E-state index is 5.38. The molecule has 0 atom stereocenters. The Morgan fingerprint density at radius 3 is 1.89 bits per heavy atom. The first-order chi connectivity index (χ1) is 21.8. The van der Waals surface area contributed by atoms with Crippen molar-refractivity contribution in [1.29, 1.82) is 0 Å². The van der Waals surface area contributed by atoms with Crippen LogP contribution in [0.3, 0.4) is 0 Å². The van der Waals surface area contributed by atoms with Crippen LogP contribution in [0.4, 0.5) is 0 Å². The van der Waals surface area contributed by atoms with E-state index < -0.39 is 0 Å². The Morgan fingerprint density at radius 1 is 0.455 bits per heavy atom. The van der Waals surface area contributed by atoms with Gasteiger partial charge in [-0.2, -0.15) is 0 Å². The van der Waals surface area contributed by atoms with Crippen LogP contribution >= 0.6 is 0 Å². The lowest BCUT2D eigenvalue weighted by Gasteiger charge is -2.17. The summed E-state index contributed by atoms with van der Waals surface area (Å²) in [6.45, 7) is 0. The smallest absolute Gasteiger partial charge is 0.138 e. The van der Waals surface area contributed by atoms with Crippen molar-refractivity contribution in [1.82, 2.24) is 14.1 Å². The summed E-state index contributed by atoms with van der Waals surface area (Å²) in [6, 6.07) is 50.3. The van der Waals surface area contributed by atoms with Gasteiger partial charge in [0.2, 0.25) is 0 Å². The average molecular weight is 566 g/mol. The molecule has 8 aromatic rings. The molecule has 0 aliphatic heterocycles. The van der Waals surface area contributed by atoms with Crippen molar-refractivity contribution in [2.75, 3.05) is 0 Å². The summed E-state index contributed by atoms with van der Waals surface area (Å²) in [5.74, 6) is 0.990. The average Bonchev–Trinajstić information content (AvgIpc) is 3.60. The van der Waals surface area contributed by atoms with E-state index in [0.717, 1.165) is 29.9 Å². The molecule has 0 fully saturated rings. The Balaban J connectivity index is 1.38. The van der Waals surface area contributed by atoms with Crippen LogP contribution in [-0.2, 0) is 12.8 Å². The molecule has 5 aromatic carbocycles. The van der Waals surface area contributed by atoms with Crippen LogP contribution in [0.15, 0.2) is 140 Å². The number of fused-ring (bicyclic) bond motifs is 6. The molecule has 1 aliphatic rings. The fraction of sp³-hybridized carbons (Fsp3) is 0.0976. The highest BCUT2D eigenvalue weighted by Gasteiger charge is 2.24. The zero-order valence-electron chi connectivity index (χ0n) is 24.4. The van der Waals surface area contributed by atoms with E-state index in [-0.39, 0.29) is 0 Å². The number of para-hydroxylation sites is 2. The van der Waals surface area contributed by atoms with Gasteiger partial charge in [-0.25, -0.2) is 4.98 Å². The zero-order valence-corrected chi connectivity index (χ0v) is 24.4. The topological polar surface area (TPSA) is 22.8 Å². The first-order valence-electron chi connectivity index (χ1n) is 15.6. The Kier molecular flexibility index (Phi) is 5.77. The standard InChI is InChI=1S/C41H31N3/c1-4-14-28(15-5-1)30-24-36(29-16-6-2-7-17-29)42-41(25-30)44-38-23-13-11-21-33(38)35-26-39-34(27-40(35)44)32-20-10-12-22-37(32)43(39)31-18-8-3-9-19-31/h1-10,12,14-20,22,24-27H,11,13,21,23H2. The van der Waals surface area contributed by atoms with Crippen LogP contribution in [0.5, 0.6) is 0 Å². The molecule has 3 nitrogen and oxygen atoms in total. The number of hydrogen-bond donors (Lipinski definition) is 0. The van der Waals surface area contributed by atoms with Gasteiger partial charge in [0.05, 0.1) is 22.2 Å². The first-order valence-corrected chi connectivity index (χ1v) is 15.6. The lowest BCUT2D eigenvalue weighted by Crippen LogP contribution is -2.08. The van der Waals surface area contributed by atoms with Crippen LogP contribution in [0.25, 0.3) is 66.6 Å². The summed E-state index contributed by atoms with van der Waals surface area (Å²) in [6.07, 6.45) is 4.58. The Bertz CT molecular complexity index is 2250. The Morgan fingerprint density at radius 2 is 1.09 bits per heavy atom. The molecule has 0 saturated carbocycles. The van der Waals surface area contributed by atoms with Crippen molar-refractivity contribution in [3.05, 3.63) is 151 Å². The van der Waals surface area contributed by atoms with Crippen molar-refractivity contribution < 1.29 is 0 Å². The van der Waals surface area contributed by atoms with E-state index in [0.29, 0.717) is 0 Å². The predicted molar refractivity (Wildman–Crippen MR) is 183 cm³/mol. The Hall–Kier alpha value is -5.41. The summed E-state index contributed by atoms with van der Waals surface area (Å²) < 4.78 is 4.91. The fourth-order valence-corrected chi connectivity index (χ4v) is 7.30. The van der Waals surface area contributed by atoms with Crippen molar-refractivity contribution in [3.63, 3.8) is 0 Å². The molecule has 3 aromatic heterocycles. The SMILES string of the molecule is c1ccc(-c2cc(-c3ccccc3)nc(-n3c4c(c5cc6c(cc53)c3ccccc3n6-c3ccccc3)CCCC4)c2)cc1. The quantitative estimate of drug-likeness (QED) is 0.208. The molecule has 210 valence electrons. The van der Waals surface area contributed by atoms with Crippen molar-refractivity contribution in [2.24, 2.45) is 0 Å². The second-order valence-electron chi connectivity index (χ2n) is 11.9. The lowest BCUT2D eigenvalue weighted by atomic mass is 9.95. The summed E-state index contributed by atoms with van der Waals surface area (Å²) in [7, 11) is 0. The molecule has 0 N–H and O–H groups in total. The molecule has 1 aliphatic carbocycles. The van der Waals surface area contributed by atoms with Gasteiger partial charge in [-0.1, -0.05) is 97.1 Å².